The largest absolute Gasteiger partial charge is 0.335 e. The minimum atomic E-state index is 0.144. The number of aromatic nitrogens is 2. The van der Waals surface area contributed by atoms with E-state index < -0.39 is 0 Å². The Balaban J connectivity index is 1.34. The molecule has 3 aliphatic heterocycles. The molecule has 1 aromatic carbocycles. The van der Waals surface area contributed by atoms with Crippen molar-refractivity contribution in [2.24, 2.45) is 11.8 Å². The molecule has 1 amide bonds. The SMILES string of the molecule is O=C(C1CN2CCC1CC2)N(Cc1ccccc1)C(CCCc1cccnc1)CCCc1cccnc1. The van der Waals surface area contributed by atoms with E-state index in [4.69, 9.17) is 0 Å². The van der Waals surface area contributed by atoms with E-state index in [1.165, 1.54) is 29.5 Å². The highest BCUT2D eigenvalue weighted by Crippen LogP contribution is 2.35. The van der Waals surface area contributed by atoms with Crippen molar-refractivity contribution in [1.29, 1.82) is 0 Å². The lowest BCUT2D eigenvalue weighted by atomic mass is 9.78. The smallest absolute Gasteiger partial charge is 0.227 e. The van der Waals surface area contributed by atoms with Crippen molar-refractivity contribution in [3.63, 3.8) is 0 Å². The summed E-state index contributed by atoms with van der Waals surface area (Å²) in [5.41, 5.74) is 3.77. The summed E-state index contributed by atoms with van der Waals surface area (Å²) in [6, 6.07) is 19.1. The fourth-order valence-corrected chi connectivity index (χ4v) is 6.26. The van der Waals surface area contributed by atoms with Crippen molar-refractivity contribution in [3.05, 3.63) is 96.1 Å². The zero-order valence-corrected chi connectivity index (χ0v) is 21.9. The van der Waals surface area contributed by atoms with Crippen LogP contribution in [-0.4, -0.2) is 51.4 Å². The molecule has 3 fully saturated rings. The van der Waals surface area contributed by atoms with Gasteiger partial charge in [-0.15, -0.1) is 0 Å². The van der Waals surface area contributed by atoms with Crippen molar-refractivity contribution < 1.29 is 4.79 Å². The number of carbonyl (C=O) groups is 1. The van der Waals surface area contributed by atoms with Crippen LogP contribution in [0.1, 0.15) is 55.2 Å². The second-order valence-corrected chi connectivity index (χ2v) is 10.9. The minimum absolute atomic E-state index is 0.144. The van der Waals surface area contributed by atoms with Crippen LogP contribution in [0.4, 0.5) is 0 Å². The van der Waals surface area contributed by atoms with Gasteiger partial charge in [-0.1, -0.05) is 42.5 Å². The van der Waals surface area contributed by atoms with Crippen LogP contribution in [0.25, 0.3) is 0 Å². The first kappa shape index (κ1) is 25.6. The van der Waals surface area contributed by atoms with Crippen LogP contribution in [0.2, 0.25) is 0 Å². The van der Waals surface area contributed by atoms with Crippen LogP contribution in [0.5, 0.6) is 0 Å². The van der Waals surface area contributed by atoms with Crippen LogP contribution in [0.15, 0.2) is 79.4 Å². The van der Waals surface area contributed by atoms with Gasteiger partial charge in [0.2, 0.25) is 5.91 Å². The average Bonchev–Trinajstić information content (AvgIpc) is 2.97. The van der Waals surface area contributed by atoms with Gasteiger partial charge in [0.1, 0.15) is 0 Å². The monoisotopic (exact) mass is 496 g/mol. The van der Waals surface area contributed by atoms with Gasteiger partial charge in [-0.3, -0.25) is 14.8 Å². The topological polar surface area (TPSA) is 49.3 Å². The minimum Gasteiger partial charge on any atom is -0.335 e. The van der Waals surface area contributed by atoms with E-state index in [9.17, 15) is 4.79 Å². The van der Waals surface area contributed by atoms with Crippen LogP contribution in [-0.2, 0) is 24.2 Å². The Bertz CT molecular complexity index is 1040. The predicted molar refractivity (Wildman–Crippen MR) is 148 cm³/mol. The Kier molecular flexibility index (Phi) is 8.96. The average molecular weight is 497 g/mol. The molecule has 0 N–H and O–H groups in total. The van der Waals surface area contributed by atoms with Gasteiger partial charge in [-0.05, 0) is 99.2 Å². The Morgan fingerprint density at radius 1 is 0.838 bits per heavy atom. The summed E-state index contributed by atoms with van der Waals surface area (Å²) in [6.07, 6.45) is 16.1. The second-order valence-electron chi connectivity index (χ2n) is 10.9. The third kappa shape index (κ3) is 7.04. The third-order valence-electron chi connectivity index (χ3n) is 8.34. The standard InChI is InChI=1S/C32H40N4O/c37-32(31-25-35-20-16-29(31)17-21-35)36(24-28-8-2-1-3-9-28)30(14-4-10-26-12-6-18-33-22-26)15-5-11-27-13-7-19-34-23-27/h1-3,6-9,12-13,18-19,22-23,29-31H,4-5,10-11,14-17,20-21,24-25H2. The highest BCUT2D eigenvalue weighted by Gasteiger charge is 2.41. The van der Waals surface area contributed by atoms with Crippen LogP contribution in [0, 0.1) is 11.8 Å². The van der Waals surface area contributed by atoms with E-state index in [1.54, 1.807) is 0 Å². The molecule has 3 saturated heterocycles. The molecule has 0 radical (unpaired) electrons. The normalized spacial score (nSPS) is 20.7. The number of pyridine rings is 2. The molecule has 2 bridgehead atoms. The molecule has 1 atom stereocenters. The van der Waals surface area contributed by atoms with Crippen molar-refractivity contribution in [2.45, 2.75) is 64.0 Å². The third-order valence-corrected chi connectivity index (χ3v) is 8.34. The van der Waals surface area contributed by atoms with Gasteiger partial charge in [0, 0.05) is 43.9 Å². The first-order valence-electron chi connectivity index (χ1n) is 14.1. The number of nitrogens with zero attached hydrogens (tertiary/aromatic N) is 4. The number of rotatable bonds is 12. The number of hydrogen-bond acceptors (Lipinski definition) is 4. The first-order chi connectivity index (χ1) is 18.3. The quantitative estimate of drug-likeness (QED) is 0.329. The fourth-order valence-electron chi connectivity index (χ4n) is 6.26. The highest BCUT2D eigenvalue weighted by molar-refractivity contribution is 5.80. The van der Waals surface area contributed by atoms with Gasteiger partial charge in [0.15, 0.2) is 0 Å². The molecule has 5 heteroatoms. The Labute approximate surface area is 221 Å². The summed E-state index contributed by atoms with van der Waals surface area (Å²) < 4.78 is 0. The van der Waals surface area contributed by atoms with Crippen molar-refractivity contribution in [3.8, 4) is 0 Å². The summed E-state index contributed by atoms with van der Waals surface area (Å²) in [4.78, 5) is 27.6. The van der Waals surface area contributed by atoms with Gasteiger partial charge >= 0.3 is 0 Å². The zero-order chi connectivity index (χ0) is 25.3. The molecule has 1 unspecified atom stereocenters. The molecule has 6 rings (SSSR count). The second kappa shape index (κ2) is 13.0. The molecular formula is C32H40N4O. The lowest BCUT2D eigenvalue weighted by molar-refractivity contribution is -0.145. The van der Waals surface area contributed by atoms with Gasteiger partial charge in [-0.2, -0.15) is 0 Å². The molecule has 0 aliphatic carbocycles. The van der Waals surface area contributed by atoms with E-state index in [-0.39, 0.29) is 12.0 Å². The maximum absolute atomic E-state index is 14.3. The first-order valence-corrected chi connectivity index (χ1v) is 14.1. The zero-order valence-electron chi connectivity index (χ0n) is 21.9. The number of fused-ring (bicyclic) bond motifs is 3. The molecule has 5 heterocycles. The molecule has 194 valence electrons. The number of hydrogen-bond donors (Lipinski definition) is 0. The predicted octanol–water partition coefficient (Wildman–Crippen LogP) is 5.56. The maximum atomic E-state index is 14.3. The molecule has 5 nitrogen and oxygen atoms in total. The molecule has 3 aromatic rings. The van der Waals surface area contributed by atoms with Crippen molar-refractivity contribution >= 4 is 5.91 Å². The van der Waals surface area contributed by atoms with E-state index in [1.807, 2.05) is 36.9 Å². The maximum Gasteiger partial charge on any atom is 0.227 e. The number of piperidine rings is 3. The number of carbonyl (C=O) groups excluding carboxylic acids is 1. The van der Waals surface area contributed by atoms with Gasteiger partial charge in [0.05, 0.1) is 5.92 Å². The molecule has 37 heavy (non-hydrogen) atoms. The Morgan fingerprint density at radius 2 is 1.43 bits per heavy atom. The lowest BCUT2D eigenvalue weighted by Gasteiger charge is -2.46. The summed E-state index contributed by atoms with van der Waals surface area (Å²) in [6.45, 7) is 3.96. The highest BCUT2D eigenvalue weighted by atomic mass is 16.2. The summed E-state index contributed by atoms with van der Waals surface area (Å²) in [7, 11) is 0. The molecule has 0 saturated carbocycles. The number of amides is 1. The Hall–Kier alpha value is -3.05. The van der Waals surface area contributed by atoms with E-state index >= 15 is 0 Å². The van der Waals surface area contributed by atoms with Crippen LogP contribution >= 0.6 is 0 Å². The van der Waals surface area contributed by atoms with Crippen molar-refractivity contribution in [1.82, 2.24) is 19.8 Å². The molecule has 0 spiro atoms. The van der Waals surface area contributed by atoms with Crippen molar-refractivity contribution in [2.75, 3.05) is 19.6 Å². The number of aryl methyl sites for hydroxylation is 2. The van der Waals surface area contributed by atoms with Gasteiger partial charge in [0.25, 0.3) is 0 Å². The van der Waals surface area contributed by atoms with E-state index in [0.29, 0.717) is 18.4 Å². The van der Waals surface area contributed by atoms with Crippen LogP contribution in [0.3, 0.4) is 0 Å². The van der Waals surface area contributed by atoms with Crippen LogP contribution < -0.4 is 0 Å². The fraction of sp³-hybridized carbons (Fsp3) is 0.469. The summed E-state index contributed by atoms with van der Waals surface area (Å²) in [5.74, 6) is 1.07. The van der Waals surface area contributed by atoms with Gasteiger partial charge in [-0.25, -0.2) is 0 Å². The molecular weight excluding hydrogens is 456 g/mol. The van der Waals surface area contributed by atoms with Gasteiger partial charge < -0.3 is 9.80 Å². The Morgan fingerprint density at radius 3 is 1.95 bits per heavy atom. The summed E-state index contributed by atoms with van der Waals surface area (Å²) in [5, 5.41) is 0. The number of benzene rings is 1. The lowest BCUT2D eigenvalue weighted by Crippen LogP contribution is -2.55. The van der Waals surface area contributed by atoms with E-state index in [2.05, 4.69) is 62.2 Å². The molecule has 3 aliphatic rings. The summed E-state index contributed by atoms with van der Waals surface area (Å²) >= 11 is 0. The van der Waals surface area contributed by atoms with E-state index in [0.717, 1.165) is 58.2 Å². The molecule has 2 aromatic heterocycles.